The lowest BCUT2D eigenvalue weighted by Crippen LogP contribution is -2.38. The molecule has 4 atom stereocenters. The molecular formula is C12H16N4O5. The summed E-state index contributed by atoms with van der Waals surface area (Å²) in [6.07, 6.45) is -2.33. The molecule has 0 radical (unpaired) electrons. The second-order valence-electron chi connectivity index (χ2n) is 4.52. The van der Waals surface area contributed by atoms with Crippen molar-refractivity contribution in [2.75, 3.05) is 18.9 Å². The van der Waals surface area contributed by atoms with Gasteiger partial charge in [0, 0.05) is 6.20 Å². The van der Waals surface area contributed by atoms with Gasteiger partial charge in [0.05, 0.1) is 25.7 Å². The summed E-state index contributed by atoms with van der Waals surface area (Å²) >= 11 is 0. The van der Waals surface area contributed by atoms with Gasteiger partial charge in [-0.15, -0.1) is 0 Å². The van der Waals surface area contributed by atoms with Crippen molar-refractivity contribution in [2.45, 2.75) is 31.0 Å². The number of nitrogens with zero attached hydrogens (tertiary/aromatic N) is 3. The van der Waals surface area contributed by atoms with Crippen molar-refractivity contribution >= 4 is 5.82 Å². The van der Waals surface area contributed by atoms with Gasteiger partial charge < -0.3 is 25.4 Å². The average Bonchev–Trinajstić information content (AvgIpc) is 2.76. The molecule has 0 aliphatic carbocycles. The summed E-state index contributed by atoms with van der Waals surface area (Å²) in [4.78, 5) is 15.4. The fourth-order valence-corrected chi connectivity index (χ4v) is 2.13. The normalized spacial score (nSPS) is 28.4. The minimum atomic E-state index is -1.12. The summed E-state index contributed by atoms with van der Waals surface area (Å²) in [5, 5.41) is 27.8. The number of aliphatic hydroxyl groups is 2. The lowest BCUT2D eigenvalue weighted by molar-refractivity contribution is -0.0732. The van der Waals surface area contributed by atoms with Crippen molar-refractivity contribution in [3.63, 3.8) is 0 Å². The SMILES string of the molecule is N#CCCO[C@H]1C(O)[C@@H](CO)O[C@H]1n1ccc(N)nc1=O. The van der Waals surface area contributed by atoms with Crippen LogP contribution in [0.1, 0.15) is 12.6 Å². The lowest BCUT2D eigenvalue weighted by Gasteiger charge is -2.21. The molecular weight excluding hydrogens is 280 g/mol. The van der Waals surface area contributed by atoms with Crippen LogP contribution in [0.2, 0.25) is 0 Å². The maximum atomic E-state index is 11.8. The minimum absolute atomic E-state index is 0.0652. The molecule has 0 spiro atoms. The highest BCUT2D eigenvalue weighted by Gasteiger charge is 2.45. The quantitative estimate of drug-likeness (QED) is 0.550. The second kappa shape index (κ2) is 6.64. The summed E-state index contributed by atoms with van der Waals surface area (Å²) in [7, 11) is 0. The zero-order chi connectivity index (χ0) is 15.4. The molecule has 2 rings (SSSR count). The Hall–Kier alpha value is -1.99. The molecule has 9 heteroatoms. The maximum absolute atomic E-state index is 11.8. The van der Waals surface area contributed by atoms with Crippen LogP contribution in [0.4, 0.5) is 5.82 Å². The van der Waals surface area contributed by atoms with Crippen molar-refractivity contribution in [1.82, 2.24) is 9.55 Å². The van der Waals surface area contributed by atoms with E-state index < -0.39 is 36.8 Å². The van der Waals surface area contributed by atoms with E-state index >= 15 is 0 Å². The fourth-order valence-electron chi connectivity index (χ4n) is 2.13. The first-order valence-electron chi connectivity index (χ1n) is 6.36. The highest BCUT2D eigenvalue weighted by atomic mass is 16.6. The van der Waals surface area contributed by atoms with Crippen molar-refractivity contribution in [1.29, 1.82) is 5.26 Å². The molecule has 1 aliphatic rings. The van der Waals surface area contributed by atoms with E-state index in [1.54, 1.807) is 0 Å². The number of rotatable bonds is 5. The van der Waals surface area contributed by atoms with E-state index in [2.05, 4.69) is 4.98 Å². The summed E-state index contributed by atoms with van der Waals surface area (Å²) in [6.45, 7) is -0.347. The number of anilines is 1. The van der Waals surface area contributed by atoms with Gasteiger partial charge in [-0.25, -0.2) is 4.79 Å². The Bertz CT molecular complexity index is 584. The Balaban J connectivity index is 2.25. The Labute approximate surface area is 120 Å². The van der Waals surface area contributed by atoms with Crippen LogP contribution in [0, 0.1) is 11.3 Å². The van der Waals surface area contributed by atoms with Crippen molar-refractivity contribution in [3.8, 4) is 6.07 Å². The third-order valence-corrected chi connectivity index (χ3v) is 3.14. The second-order valence-corrected chi connectivity index (χ2v) is 4.52. The van der Waals surface area contributed by atoms with Crippen LogP contribution >= 0.6 is 0 Å². The Morgan fingerprint density at radius 3 is 3.00 bits per heavy atom. The van der Waals surface area contributed by atoms with E-state index in [0.717, 1.165) is 4.57 Å². The zero-order valence-corrected chi connectivity index (χ0v) is 11.1. The molecule has 0 amide bonds. The Morgan fingerprint density at radius 2 is 2.38 bits per heavy atom. The number of nitrogen functional groups attached to an aromatic ring is 1. The molecule has 1 aromatic rings. The molecule has 114 valence electrons. The number of aliphatic hydroxyl groups excluding tert-OH is 2. The van der Waals surface area contributed by atoms with Crippen LogP contribution in [0.15, 0.2) is 17.1 Å². The number of nitriles is 1. The molecule has 2 heterocycles. The number of aromatic nitrogens is 2. The first kappa shape index (κ1) is 15.4. The highest BCUT2D eigenvalue weighted by molar-refractivity contribution is 5.23. The largest absolute Gasteiger partial charge is 0.394 e. The van der Waals surface area contributed by atoms with Crippen LogP contribution in [0.3, 0.4) is 0 Å². The molecule has 1 aliphatic heterocycles. The first-order chi connectivity index (χ1) is 10.1. The third kappa shape index (κ3) is 3.20. The number of ether oxygens (including phenoxy) is 2. The lowest BCUT2D eigenvalue weighted by atomic mass is 10.1. The van der Waals surface area contributed by atoms with Gasteiger partial charge >= 0.3 is 5.69 Å². The maximum Gasteiger partial charge on any atom is 0.351 e. The zero-order valence-electron chi connectivity index (χ0n) is 11.1. The Morgan fingerprint density at radius 1 is 1.62 bits per heavy atom. The summed E-state index contributed by atoms with van der Waals surface area (Å²) in [5.74, 6) is 0.0652. The van der Waals surface area contributed by atoms with E-state index in [1.807, 2.05) is 6.07 Å². The number of hydrogen-bond donors (Lipinski definition) is 3. The standard InChI is InChI=1S/C12H16N4O5/c13-3-1-5-20-10-9(18)7(6-17)21-11(10)16-4-2-8(14)15-12(16)19/h2,4,7,9-11,17-18H,1,5-6H2,(H2,14,15,19)/t7-,9?,10+,11-/m1/s1. The topological polar surface area (TPSA) is 144 Å². The molecule has 1 saturated heterocycles. The predicted octanol–water partition coefficient (Wildman–Crippen LogP) is -1.63. The molecule has 0 saturated carbocycles. The molecule has 0 bridgehead atoms. The first-order valence-corrected chi connectivity index (χ1v) is 6.36. The Kier molecular flexibility index (Phi) is 4.87. The summed E-state index contributed by atoms with van der Waals surface area (Å²) in [5.41, 5.74) is 4.76. The van der Waals surface area contributed by atoms with E-state index in [0.29, 0.717) is 0 Å². The fraction of sp³-hybridized carbons (Fsp3) is 0.583. The monoisotopic (exact) mass is 296 g/mol. The molecule has 1 unspecified atom stereocenters. The van der Waals surface area contributed by atoms with Crippen LogP contribution in [0.5, 0.6) is 0 Å². The van der Waals surface area contributed by atoms with Crippen molar-refractivity contribution in [2.24, 2.45) is 0 Å². The molecule has 0 aromatic carbocycles. The van der Waals surface area contributed by atoms with Crippen molar-refractivity contribution < 1.29 is 19.7 Å². The summed E-state index contributed by atoms with van der Waals surface area (Å²) in [6, 6.07) is 3.32. The molecule has 1 aromatic heterocycles. The molecule has 21 heavy (non-hydrogen) atoms. The number of nitrogens with two attached hydrogens (primary N) is 1. The highest BCUT2D eigenvalue weighted by Crippen LogP contribution is 2.30. The van der Waals surface area contributed by atoms with Gasteiger partial charge in [-0.1, -0.05) is 0 Å². The van der Waals surface area contributed by atoms with Gasteiger partial charge in [-0.2, -0.15) is 10.2 Å². The smallest absolute Gasteiger partial charge is 0.351 e. The van der Waals surface area contributed by atoms with Gasteiger partial charge in [-0.3, -0.25) is 4.57 Å². The van der Waals surface area contributed by atoms with E-state index in [-0.39, 0.29) is 18.8 Å². The van der Waals surface area contributed by atoms with E-state index in [9.17, 15) is 15.0 Å². The third-order valence-electron chi connectivity index (χ3n) is 3.14. The minimum Gasteiger partial charge on any atom is -0.394 e. The van der Waals surface area contributed by atoms with Gasteiger partial charge in [0.25, 0.3) is 0 Å². The van der Waals surface area contributed by atoms with Gasteiger partial charge in [-0.05, 0) is 6.07 Å². The van der Waals surface area contributed by atoms with Crippen LogP contribution in [0.25, 0.3) is 0 Å². The summed E-state index contributed by atoms with van der Waals surface area (Å²) < 4.78 is 12.0. The van der Waals surface area contributed by atoms with Gasteiger partial charge in [0.2, 0.25) is 0 Å². The van der Waals surface area contributed by atoms with Gasteiger partial charge in [0.1, 0.15) is 24.1 Å². The van der Waals surface area contributed by atoms with Crippen LogP contribution < -0.4 is 11.4 Å². The molecule has 9 nitrogen and oxygen atoms in total. The van der Waals surface area contributed by atoms with Gasteiger partial charge in [0.15, 0.2) is 6.23 Å². The number of hydrogen-bond acceptors (Lipinski definition) is 8. The predicted molar refractivity (Wildman–Crippen MR) is 69.9 cm³/mol. The molecule has 4 N–H and O–H groups in total. The van der Waals surface area contributed by atoms with E-state index in [1.165, 1.54) is 12.3 Å². The van der Waals surface area contributed by atoms with Crippen molar-refractivity contribution in [3.05, 3.63) is 22.7 Å². The van der Waals surface area contributed by atoms with E-state index in [4.69, 9.17) is 20.5 Å². The molecule has 1 fully saturated rings. The van der Waals surface area contributed by atoms with Crippen LogP contribution in [-0.4, -0.2) is 51.3 Å². The average molecular weight is 296 g/mol. The van der Waals surface area contributed by atoms with Crippen LogP contribution in [-0.2, 0) is 9.47 Å².